The zero-order chi connectivity index (χ0) is 12.6. The highest BCUT2D eigenvalue weighted by molar-refractivity contribution is 4.98. The van der Waals surface area contributed by atoms with Crippen molar-refractivity contribution in [3.8, 4) is 0 Å². The second kappa shape index (κ2) is 4.45. The van der Waals surface area contributed by atoms with Crippen LogP contribution in [0.5, 0.6) is 0 Å². The molecule has 96 valence electrons. The van der Waals surface area contributed by atoms with Crippen molar-refractivity contribution < 1.29 is 5.11 Å². The molecule has 3 atom stereocenters. The third-order valence-electron chi connectivity index (χ3n) is 4.09. The van der Waals surface area contributed by atoms with Gasteiger partial charge in [0.25, 0.3) is 0 Å². The van der Waals surface area contributed by atoms with E-state index in [1.54, 1.807) is 0 Å². The maximum Gasteiger partial charge on any atom is 0.0781 e. The summed E-state index contributed by atoms with van der Waals surface area (Å²) in [5, 5.41) is 14.6. The molecule has 17 heavy (non-hydrogen) atoms. The van der Waals surface area contributed by atoms with Crippen LogP contribution in [0.15, 0.2) is 12.3 Å². The van der Waals surface area contributed by atoms with E-state index in [2.05, 4.69) is 25.9 Å². The zero-order valence-electron chi connectivity index (χ0n) is 11.3. The van der Waals surface area contributed by atoms with Crippen LogP contribution in [0.2, 0.25) is 0 Å². The molecule has 1 N–H and O–H groups in total. The molecule has 0 bridgehead atoms. The molecule has 0 saturated heterocycles. The van der Waals surface area contributed by atoms with Crippen LogP contribution in [0.4, 0.5) is 0 Å². The summed E-state index contributed by atoms with van der Waals surface area (Å²) in [5.74, 6) is 0.667. The Labute approximate surface area is 104 Å². The number of aliphatic hydroxyl groups is 1. The second-order valence-electron chi connectivity index (χ2n) is 6.45. The van der Waals surface area contributed by atoms with Gasteiger partial charge in [-0.15, -0.1) is 0 Å². The fraction of sp³-hybridized carbons (Fsp3) is 0.786. The molecule has 1 aromatic rings. The van der Waals surface area contributed by atoms with Crippen molar-refractivity contribution >= 4 is 0 Å². The van der Waals surface area contributed by atoms with Crippen molar-refractivity contribution in [3.05, 3.63) is 18.0 Å². The average Bonchev–Trinajstić information content (AvgIpc) is 2.63. The van der Waals surface area contributed by atoms with Crippen LogP contribution in [-0.2, 0) is 0 Å². The highest BCUT2D eigenvalue weighted by Gasteiger charge is 2.36. The largest absolute Gasteiger partial charge is 0.391 e. The molecule has 0 radical (unpaired) electrons. The molecule has 3 unspecified atom stereocenters. The van der Waals surface area contributed by atoms with Gasteiger partial charge in [0.15, 0.2) is 0 Å². The minimum absolute atomic E-state index is 0.154. The van der Waals surface area contributed by atoms with E-state index < -0.39 is 0 Å². The van der Waals surface area contributed by atoms with Crippen LogP contribution in [0.25, 0.3) is 0 Å². The average molecular weight is 236 g/mol. The Morgan fingerprint density at radius 3 is 2.59 bits per heavy atom. The van der Waals surface area contributed by atoms with Crippen LogP contribution in [0, 0.1) is 18.3 Å². The Hall–Kier alpha value is -0.830. The van der Waals surface area contributed by atoms with Crippen molar-refractivity contribution in [2.45, 2.75) is 59.1 Å². The lowest BCUT2D eigenvalue weighted by Crippen LogP contribution is -2.36. The SMILES string of the molecule is Cc1ccn(C2CC(C(C)(C)C)CCC2O)n1. The molecule has 0 spiro atoms. The van der Waals surface area contributed by atoms with Gasteiger partial charge in [0, 0.05) is 6.20 Å². The predicted molar refractivity (Wildman–Crippen MR) is 68.8 cm³/mol. The maximum atomic E-state index is 10.2. The summed E-state index contributed by atoms with van der Waals surface area (Å²) in [6.07, 6.45) is 4.81. The lowest BCUT2D eigenvalue weighted by molar-refractivity contribution is 0.0204. The number of nitrogens with zero attached hydrogens (tertiary/aromatic N) is 2. The summed E-state index contributed by atoms with van der Waals surface area (Å²) in [6.45, 7) is 8.87. The van der Waals surface area contributed by atoms with Crippen LogP contribution in [-0.4, -0.2) is 21.0 Å². The Balaban J connectivity index is 2.15. The highest BCUT2D eigenvalue weighted by atomic mass is 16.3. The van der Waals surface area contributed by atoms with E-state index in [9.17, 15) is 5.11 Å². The summed E-state index contributed by atoms with van der Waals surface area (Å²) >= 11 is 0. The maximum absolute atomic E-state index is 10.2. The lowest BCUT2D eigenvalue weighted by atomic mass is 9.70. The molecule has 1 heterocycles. The fourth-order valence-electron chi connectivity index (χ4n) is 2.82. The number of hydrogen-bond acceptors (Lipinski definition) is 2. The van der Waals surface area contributed by atoms with Crippen molar-refractivity contribution in [2.75, 3.05) is 0 Å². The summed E-state index contributed by atoms with van der Waals surface area (Å²) < 4.78 is 1.96. The summed E-state index contributed by atoms with van der Waals surface area (Å²) in [5.41, 5.74) is 1.34. The molecular formula is C14H24N2O. The topological polar surface area (TPSA) is 38.0 Å². The van der Waals surface area contributed by atoms with Crippen LogP contribution in [0.3, 0.4) is 0 Å². The second-order valence-corrected chi connectivity index (χ2v) is 6.45. The number of hydrogen-bond donors (Lipinski definition) is 1. The quantitative estimate of drug-likeness (QED) is 0.814. The molecule has 1 aliphatic rings. The van der Waals surface area contributed by atoms with E-state index in [0.29, 0.717) is 11.3 Å². The smallest absolute Gasteiger partial charge is 0.0781 e. The minimum atomic E-state index is -0.243. The van der Waals surface area contributed by atoms with Gasteiger partial charge in [-0.1, -0.05) is 20.8 Å². The Morgan fingerprint density at radius 1 is 1.35 bits per heavy atom. The Kier molecular flexibility index (Phi) is 3.30. The monoisotopic (exact) mass is 236 g/mol. The Bertz CT molecular complexity index is 378. The van der Waals surface area contributed by atoms with Gasteiger partial charge in [-0.05, 0) is 43.6 Å². The van der Waals surface area contributed by atoms with Gasteiger partial charge in [-0.2, -0.15) is 5.10 Å². The first-order chi connectivity index (χ1) is 7.88. The normalized spacial score (nSPS) is 30.5. The van der Waals surface area contributed by atoms with Crippen LogP contribution >= 0.6 is 0 Å². The number of aryl methyl sites for hydroxylation is 1. The molecule has 1 aromatic heterocycles. The van der Waals surface area contributed by atoms with Crippen molar-refractivity contribution in [1.82, 2.24) is 9.78 Å². The molecular weight excluding hydrogens is 212 g/mol. The van der Waals surface area contributed by atoms with Gasteiger partial charge >= 0.3 is 0 Å². The van der Waals surface area contributed by atoms with Gasteiger partial charge in [-0.3, -0.25) is 4.68 Å². The van der Waals surface area contributed by atoms with Gasteiger partial charge in [0.2, 0.25) is 0 Å². The van der Waals surface area contributed by atoms with Crippen molar-refractivity contribution in [3.63, 3.8) is 0 Å². The van der Waals surface area contributed by atoms with E-state index in [4.69, 9.17) is 0 Å². The molecule has 0 amide bonds. The highest BCUT2D eigenvalue weighted by Crippen LogP contribution is 2.41. The molecule has 1 aliphatic carbocycles. The minimum Gasteiger partial charge on any atom is -0.391 e. The zero-order valence-corrected chi connectivity index (χ0v) is 11.3. The van der Waals surface area contributed by atoms with Crippen molar-refractivity contribution in [1.29, 1.82) is 0 Å². The molecule has 1 saturated carbocycles. The number of aromatic nitrogens is 2. The van der Waals surface area contributed by atoms with E-state index in [0.717, 1.165) is 25.0 Å². The molecule has 3 heteroatoms. The predicted octanol–water partition coefficient (Wildman–Crippen LogP) is 2.94. The first-order valence-corrected chi connectivity index (χ1v) is 6.58. The lowest BCUT2D eigenvalue weighted by Gasteiger charge is -2.40. The molecule has 0 aromatic carbocycles. The van der Waals surface area contributed by atoms with Crippen LogP contribution in [0.1, 0.15) is 51.8 Å². The summed E-state index contributed by atoms with van der Waals surface area (Å²) in [7, 11) is 0. The van der Waals surface area contributed by atoms with Crippen LogP contribution < -0.4 is 0 Å². The van der Waals surface area contributed by atoms with Gasteiger partial charge in [0.1, 0.15) is 0 Å². The third kappa shape index (κ3) is 2.71. The summed E-state index contributed by atoms with van der Waals surface area (Å²) in [4.78, 5) is 0. The van der Waals surface area contributed by atoms with Crippen molar-refractivity contribution in [2.24, 2.45) is 11.3 Å². The molecule has 2 rings (SSSR count). The van der Waals surface area contributed by atoms with Gasteiger partial charge in [0.05, 0.1) is 17.8 Å². The third-order valence-corrected chi connectivity index (χ3v) is 4.09. The van der Waals surface area contributed by atoms with Gasteiger partial charge < -0.3 is 5.11 Å². The fourth-order valence-corrected chi connectivity index (χ4v) is 2.82. The number of rotatable bonds is 1. The molecule has 3 nitrogen and oxygen atoms in total. The van der Waals surface area contributed by atoms with E-state index >= 15 is 0 Å². The standard InChI is InChI=1S/C14H24N2O/c1-10-7-8-16(15-10)12-9-11(14(2,3)4)5-6-13(12)17/h7-8,11-13,17H,5-6,9H2,1-4H3. The first-order valence-electron chi connectivity index (χ1n) is 6.58. The van der Waals surface area contributed by atoms with E-state index in [-0.39, 0.29) is 12.1 Å². The molecule has 1 fully saturated rings. The van der Waals surface area contributed by atoms with Gasteiger partial charge in [-0.25, -0.2) is 0 Å². The summed E-state index contributed by atoms with van der Waals surface area (Å²) in [6, 6.07) is 2.16. The Morgan fingerprint density at radius 2 is 2.06 bits per heavy atom. The molecule has 0 aliphatic heterocycles. The van der Waals surface area contributed by atoms with E-state index in [1.807, 2.05) is 23.9 Å². The first kappa shape index (κ1) is 12.6. The van der Waals surface area contributed by atoms with E-state index in [1.165, 1.54) is 0 Å². The number of aliphatic hydroxyl groups excluding tert-OH is 1.